The first-order valence-corrected chi connectivity index (χ1v) is 10.2. The number of nitrogens with one attached hydrogen (secondary N) is 1. The van der Waals surface area contributed by atoms with Crippen molar-refractivity contribution < 1.29 is 35.3 Å². The van der Waals surface area contributed by atoms with Crippen molar-refractivity contribution in [2.24, 2.45) is 0 Å². The smallest absolute Gasteiger partial charge is 0.545 e. The van der Waals surface area contributed by atoms with Crippen molar-refractivity contribution in [3.05, 3.63) is 83.6 Å². The van der Waals surface area contributed by atoms with Gasteiger partial charge in [-0.25, -0.2) is 0 Å². The van der Waals surface area contributed by atoms with Gasteiger partial charge in [-0.1, -0.05) is 42.5 Å². The molecule has 0 saturated heterocycles. The van der Waals surface area contributed by atoms with Gasteiger partial charge < -0.3 is 33.9 Å². The molecule has 4 rings (SSSR count). The molecule has 1 aliphatic heterocycles. The number of hydrogen-bond acceptors (Lipinski definition) is 6. The molecule has 0 spiro atoms. The van der Waals surface area contributed by atoms with Crippen LogP contribution < -0.4 is 19.8 Å². The van der Waals surface area contributed by atoms with Crippen LogP contribution in [0.3, 0.4) is 0 Å². The second kappa shape index (κ2) is 10.5. The van der Waals surface area contributed by atoms with E-state index in [1.54, 1.807) is 0 Å². The van der Waals surface area contributed by atoms with Gasteiger partial charge in [0.2, 0.25) is 0 Å². The Balaban J connectivity index is 0.000000372. The summed E-state index contributed by atoms with van der Waals surface area (Å²) < 4.78 is 12.1. The Hall–Kier alpha value is -3.84. The van der Waals surface area contributed by atoms with Gasteiger partial charge in [-0.3, -0.25) is 0 Å². The Kier molecular flexibility index (Phi) is 7.46. The van der Waals surface area contributed by atoms with Gasteiger partial charge in [-0.2, -0.15) is 0 Å². The summed E-state index contributed by atoms with van der Waals surface area (Å²) in [6.07, 6.45) is 4.12. The predicted octanol–water partition coefficient (Wildman–Crippen LogP) is 0.446. The van der Waals surface area contributed by atoms with Crippen LogP contribution in [0.15, 0.2) is 71.2 Å². The molecule has 0 unspecified atom stereocenters. The molecule has 3 aromatic rings. The molecule has 7 heteroatoms. The first-order chi connectivity index (χ1) is 15.4. The number of aliphatic carboxylic acids is 2. The number of carboxylic acids is 2. The van der Waals surface area contributed by atoms with E-state index in [4.69, 9.17) is 9.15 Å². The van der Waals surface area contributed by atoms with Gasteiger partial charge in [-0.05, 0) is 29.9 Å². The van der Waals surface area contributed by atoms with Gasteiger partial charge in [0.15, 0.2) is 5.76 Å². The molecule has 0 radical (unpaired) electrons. The van der Waals surface area contributed by atoms with E-state index in [2.05, 4.69) is 44.4 Å². The van der Waals surface area contributed by atoms with Crippen molar-refractivity contribution in [2.45, 2.75) is 13.0 Å². The summed E-state index contributed by atoms with van der Waals surface area (Å²) in [5.74, 6) is -1.25. The Labute approximate surface area is 187 Å². The van der Waals surface area contributed by atoms with E-state index in [9.17, 15) is 19.8 Å². The highest BCUT2D eigenvalue weighted by Crippen LogP contribution is 2.41. The number of rotatable bonds is 5. The minimum absolute atomic E-state index is 0. The van der Waals surface area contributed by atoms with E-state index < -0.39 is 11.9 Å². The number of ether oxygens (including phenoxy) is 1. The van der Waals surface area contributed by atoms with Crippen LogP contribution in [0, 0.1) is 0 Å². The van der Waals surface area contributed by atoms with E-state index in [0.717, 1.165) is 41.0 Å². The highest BCUT2D eigenvalue weighted by atomic mass is 16.5. The lowest BCUT2D eigenvalue weighted by Crippen LogP contribution is -3.05. The molecule has 0 fully saturated rings. The van der Waals surface area contributed by atoms with Crippen LogP contribution in [-0.2, 0) is 16.2 Å². The topological polar surface area (TPSA) is 107 Å². The predicted molar refractivity (Wildman–Crippen MR) is 117 cm³/mol. The van der Waals surface area contributed by atoms with E-state index in [0.29, 0.717) is 18.8 Å². The maximum atomic E-state index is 9.41. The lowest BCUT2D eigenvalue weighted by molar-refractivity contribution is -0.857. The molecular formula is C25H25NO6. The first kappa shape index (κ1) is 22.8. The standard InChI is InChI=1S/C21H21NO2.C4H4O4/c1-22(2)13-7-10-16-15-8-3-5-11-18(15)23-14-20-21(16)17-9-4-6-12-19(17)24-20;5-3(6)1-2-4(7)8/h3-6,8-12H,7,13-14H2,1-2H3;1-2H,(H,5,6)(H,7,8)/b;2-1+. The van der Waals surface area contributed by atoms with Crippen molar-refractivity contribution in [2.75, 3.05) is 20.6 Å². The number of fused-ring (bicyclic) bond motifs is 4. The zero-order valence-electron chi connectivity index (χ0n) is 18.9. The van der Waals surface area contributed by atoms with Gasteiger partial charge >= 0.3 is 1.43 Å². The number of carbonyl (C=O) groups is 2. The maximum Gasteiger partial charge on any atom is 1.00 e. The van der Waals surface area contributed by atoms with Crippen LogP contribution in [0.1, 0.15) is 24.7 Å². The number of para-hydroxylation sites is 2. The number of furan rings is 1. The molecule has 2 heterocycles. The Morgan fingerprint density at radius 2 is 1.69 bits per heavy atom. The van der Waals surface area contributed by atoms with Crippen molar-refractivity contribution in [1.29, 1.82) is 0 Å². The molecule has 0 amide bonds. The molecule has 1 aromatic heterocycles. The lowest BCUT2D eigenvalue weighted by atomic mass is 9.94. The van der Waals surface area contributed by atoms with Gasteiger partial charge in [0.25, 0.3) is 0 Å². The van der Waals surface area contributed by atoms with Gasteiger partial charge in [0.05, 0.1) is 32.6 Å². The molecule has 0 saturated carbocycles. The fourth-order valence-corrected chi connectivity index (χ4v) is 3.44. The van der Waals surface area contributed by atoms with Crippen LogP contribution in [0.4, 0.5) is 0 Å². The second-order valence-corrected chi connectivity index (χ2v) is 7.52. The van der Waals surface area contributed by atoms with Crippen molar-refractivity contribution in [3.8, 4) is 5.75 Å². The van der Waals surface area contributed by atoms with Crippen LogP contribution in [-0.4, -0.2) is 32.6 Å². The average Bonchev–Trinajstić information content (AvgIpc) is 3.05. The third kappa shape index (κ3) is 5.65. The molecule has 0 bridgehead atoms. The number of quaternary nitrogens is 1. The van der Waals surface area contributed by atoms with E-state index in [1.165, 1.54) is 16.0 Å². The molecule has 32 heavy (non-hydrogen) atoms. The molecule has 166 valence electrons. The largest absolute Gasteiger partial charge is 1.00 e. The second-order valence-electron chi connectivity index (χ2n) is 7.52. The summed E-state index contributed by atoms with van der Waals surface area (Å²) in [6.45, 7) is 1.56. The van der Waals surface area contributed by atoms with Crippen LogP contribution in [0.2, 0.25) is 0 Å². The minimum Gasteiger partial charge on any atom is -0.545 e. The SMILES string of the molecule is C[NH+](C)CCC=C1c2ccccc2OCc2oc3ccccc3c21.O=C([O-])/C=C/C(=O)[O-].[H+]. The zero-order chi connectivity index (χ0) is 23.1. The first-order valence-electron chi connectivity index (χ1n) is 10.2. The average molecular weight is 435 g/mol. The van der Waals surface area contributed by atoms with E-state index in [1.807, 2.05) is 24.3 Å². The maximum absolute atomic E-state index is 9.41. The molecule has 0 atom stereocenters. The van der Waals surface area contributed by atoms with E-state index >= 15 is 0 Å². The Morgan fingerprint density at radius 3 is 2.38 bits per heavy atom. The molecule has 7 nitrogen and oxygen atoms in total. The van der Waals surface area contributed by atoms with Gasteiger partial charge in [0.1, 0.15) is 17.9 Å². The summed E-state index contributed by atoms with van der Waals surface area (Å²) in [5, 5.41) is 20.0. The minimum atomic E-state index is -1.55. The summed E-state index contributed by atoms with van der Waals surface area (Å²) in [4.78, 5) is 20.3. The molecule has 0 aliphatic carbocycles. The van der Waals surface area contributed by atoms with Crippen LogP contribution in [0.25, 0.3) is 16.5 Å². The highest BCUT2D eigenvalue weighted by molar-refractivity contribution is 5.98. The lowest BCUT2D eigenvalue weighted by Gasteiger charge is -2.10. The third-order valence-corrected chi connectivity index (χ3v) is 4.82. The number of benzene rings is 2. The number of carboxylic acid groups (broad SMARTS) is 2. The molecule has 1 N–H and O–H groups in total. The fraction of sp³-hybridized carbons (Fsp3) is 0.200. The van der Waals surface area contributed by atoms with Gasteiger partial charge in [0, 0.05) is 22.9 Å². The van der Waals surface area contributed by atoms with Crippen molar-refractivity contribution >= 4 is 28.5 Å². The third-order valence-electron chi connectivity index (χ3n) is 4.82. The monoisotopic (exact) mass is 435 g/mol. The van der Waals surface area contributed by atoms with Crippen LogP contribution in [0.5, 0.6) is 5.75 Å². The molecule has 1 aliphatic rings. The van der Waals surface area contributed by atoms with Crippen molar-refractivity contribution in [3.63, 3.8) is 0 Å². The van der Waals surface area contributed by atoms with E-state index in [-0.39, 0.29) is 1.43 Å². The number of carbonyl (C=O) groups excluding carboxylic acids is 2. The summed E-state index contributed by atoms with van der Waals surface area (Å²) >= 11 is 0. The Bertz CT molecular complexity index is 1160. The number of hydrogen-bond donors (Lipinski definition) is 1. The summed E-state index contributed by atoms with van der Waals surface area (Å²) in [7, 11) is 4.36. The van der Waals surface area contributed by atoms with Crippen molar-refractivity contribution in [1.82, 2.24) is 0 Å². The normalized spacial score (nSPS) is 13.8. The molecular weight excluding hydrogens is 410 g/mol. The summed E-state index contributed by atoms with van der Waals surface area (Å²) in [5.41, 5.74) is 4.49. The van der Waals surface area contributed by atoms with Gasteiger partial charge in [-0.15, -0.1) is 0 Å². The quantitative estimate of drug-likeness (QED) is 0.583. The zero-order valence-corrected chi connectivity index (χ0v) is 17.9. The van der Waals surface area contributed by atoms with Crippen LogP contribution >= 0.6 is 0 Å². The highest BCUT2D eigenvalue weighted by Gasteiger charge is 2.24. The fourth-order valence-electron chi connectivity index (χ4n) is 3.44. The summed E-state index contributed by atoms with van der Waals surface area (Å²) in [6, 6.07) is 16.5. The molecule has 2 aromatic carbocycles. The Morgan fingerprint density at radius 1 is 1.03 bits per heavy atom.